The van der Waals surface area contributed by atoms with E-state index in [4.69, 9.17) is 4.98 Å². The molecular formula is C27H27N. The summed E-state index contributed by atoms with van der Waals surface area (Å²) in [5.41, 5.74) is 6.78. The quantitative estimate of drug-likeness (QED) is 0.493. The summed E-state index contributed by atoms with van der Waals surface area (Å²) in [4.78, 5) is 4.70. The van der Waals surface area contributed by atoms with Crippen LogP contribution < -0.4 is 0 Å². The lowest BCUT2D eigenvalue weighted by atomic mass is 9.48. The van der Waals surface area contributed by atoms with Crippen LogP contribution in [0.4, 0.5) is 0 Å². The van der Waals surface area contributed by atoms with Crippen molar-refractivity contribution in [1.29, 1.82) is 0 Å². The van der Waals surface area contributed by atoms with Gasteiger partial charge in [0.1, 0.15) is 0 Å². The van der Waals surface area contributed by atoms with E-state index >= 15 is 0 Å². The molecule has 0 spiro atoms. The van der Waals surface area contributed by atoms with Crippen molar-refractivity contribution in [3.63, 3.8) is 0 Å². The molecule has 2 aromatic carbocycles. The van der Waals surface area contributed by atoms with Gasteiger partial charge >= 0.3 is 0 Å². The van der Waals surface area contributed by atoms with Crippen LogP contribution in [0.5, 0.6) is 0 Å². The Kier molecular flexibility index (Phi) is 3.72. The highest BCUT2D eigenvalue weighted by Gasteiger charge is 2.51. The molecule has 0 aliphatic heterocycles. The average Bonchev–Trinajstić information content (AvgIpc) is 2.74. The van der Waals surface area contributed by atoms with Gasteiger partial charge in [-0.15, -0.1) is 0 Å². The SMILES string of the molecule is c1ccc(-c2ccc(-c3ccc(C45CC6CC(CC(C6)C4)C5)cc3)cn2)cc1. The molecule has 1 aromatic heterocycles. The monoisotopic (exact) mass is 365 g/mol. The Labute approximate surface area is 167 Å². The Morgan fingerprint density at radius 3 is 1.79 bits per heavy atom. The highest BCUT2D eigenvalue weighted by molar-refractivity contribution is 5.67. The van der Waals surface area contributed by atoms with Gasteiger partial charge in [-0.2, -0.15) is 0 Å². The molecule has 1 heterocycles. The summed E-state index contributed by atoms with van der Waals surface area (Å²) in [5, 5.41) is 0. The largest absolute Gasteiger partial charge is 0.256 e. The first-order valence-electron chi connectivity index (χ1n) is 10.9. The second-order valence-corrected chi connectivity index (χ2v) is 9.57. The Bertz CT molecular complexity index is 934. The van der Waals surface area contributed by atoms with Crippen LogP contribution in [0, 0.1) is 17.8 Å². The van der Waals surface area contributed by atoms with Crippen molar-refractivity contribution in [2.24, 2.45) is 17.8 Å². The lowest BCUT2D eigenvalue weighted by Gasteiger charge is -2.57. The molecule has 0 radical (unpaired) electrons. The molecule has 0 saturated heterocycles. The zero-order chi connectivity index (χ0) is 18.6. The second-order valence-electron chi connectivity index (χ2n) is 9.57. The van der Waals surface area contributed by atoms with E-state index in [1.807, 2.05) is 12.3 Å². The van der Waals surface area contributed by atoms with Crippen molar-refractivity contribution in [1.82, 2.24) is 4.98 Å². The first-order valence-corrected chi connectivity index (χ1v) is 10.9. The highest BCUT2D eigenvalue weighted by atomic mass is 14.7. The van der Waals surface area contributed by atoms with Crippen molar-refractivity contribution in [3.8, 4) is 22.4 Å². The predicted molar refractivity (Wildman–Crippen MR) is 115 cm³/mol. The fraction of sp³-hybridized carbons (Fsp3) is 0.370. The molecule has 4 fully saturated rings. The van der Waals surface area contributed by atoms with E-state index in [0.717, 1.165) is 23.4 Å². The molecule has 0 N–H and O–H groups in total. The van der Waals surface area contributed by atoms with Crippen molar-refractivity contribution >= 4 is 0 Å². The molecule has 4 aliphatic rings. The number of nitrogens with zero attached hydrogens (tertiary/aromatic N) is 1. The van der Waals surface area contributed by atoms with Gasteiger partial charge < -0.3 is 0 Å². The van der Waals surface area contributed by atoms with Crippen LogP contribution in [0.3, 0.4) is 0 Å². The number of benzene rings is 2. The van der Waals surface area contributed by atoms with Crippen molar-refractivity contribution in [3.05, 3.63) is 78.5 Å². The first kappa shape index (κ1) is 16.5. The highest BCUT2D eigenvalue weighted by Crippen LogP contribution is 2.60. The van der Waals surface area contributed by atoms with Gasteiger partial charge in [0.05, 0.1) is 5.69 Å². The van der Waals surface area contributed by atoms with E-state index in [-0.39, 0.29) is 0 Å². The minimum Gasteiger partial charge on any atom is -0.256 e. The number of rotatable bonds is 3. The first-order chi connectivity index (χ1) is 13.8. The van der Waals surface area contributed by atoms with Crippen LogP contribution in [-0.4, -0.2) is 4.98 Å². The zero-order valence-electron chi connectivity index (χ0n) is 16.4. The van der Waals surface area contributed by atoms with Gasteiger partial charge in [-0.05, 0) is 78.9 Å². The van der Waals surface area contributed by atoms with E-state index in [1.165, 1.54) is 55.2 Å². The van der Waals surface area contributed by atoms with E-state index in [9.17, 15) is 0 Å². The molecular weight excluding hydrogens is 338 g/mol. The molecule has 3 aromatic rings. The van der Waals surface area contributed by atoms with Crippen LogP contribution in [0.15, 0.2) is 72.9 Å². The molecule has 4 bridgehead atoms. The van der Waals surface area contributed by atoms with Gasteiger partial charge in [-0.3, -0.25) is 4.98 Å². The Balaban J connectivity index is 1.27. The average molecular weight is 366 g/mol. The van der Waals surface area contributed by atoms with Crippen LogP contribution in [-0.2, 0) is 5.41 Å². The molecule has 7 rings (SSSR count). The Hall–Kier alpha value is -2.41. The smallest absolute Gasteiger partial charge is 0.0702 e. The number of aromatic nitrogens is 1. The van der Waals surface area contributed by atoms with Gasteiger partial charge in [0.15, 0.2) is 0 Å². The standard InChI is InChI=1S/C27H27N/c1-2-4-23(5-3-1)26-11-8-24(18-28-26)22-6-9-25(10-7-22)27-15-19-12-20(16-27)14-21(13-19)17-27/h1-11,18-21H,12-17H2. The van der Waals surface area contributed by atoms with Crippen LogP contribution >= 0.6 is 0 Å². The normalized spacial score (nSPS) is 30.5. The maximum absolute atomic E-state index is 4.70. The van der Waals surface area contributed by atoms with Crippen LogP contribution in [0.1, 0.15) is 44.1 Å². The maximum Gasteiger partial charge on any atom is 0.0702 e. The van der Waals surface area contributed by atoms with Gasteiger partial charge in [0.25, 0.3) is 0 Å². The van der Waals surface area contributed by atoms with Crippen LogP contribution in [0.2, 0.25) is 0 Å². The molecule has 1 heteroatoms. The maximum atomic E-state index is 4.70. The van der Waals surface area contributed by atoms with Gasteiger partial charge in [-0.25, -0.2) is 0 Å². The van der Waals surface area contributed by atoms with Crippen molar-refractivity contribution in [2.75, 3.05) is 0 Å². The summed E-state index contributed by atoms with van der Waals surface area (Å²) in [5.74, 6) is 3.00. The Morgan fingerprint density at radius 1 is 0.607 bits per heavy atom. The third-order valence-corrected chi connectivity index (χ3v) is 7.70. The number of pyridine rings is 1. The summed E-state index contributed by atoms with van der Waals surface area (Å²) in [6, 6.07) is 24.2. The molecule has 0 amide bonds. The van der Waals surface area contributed by atoms with Crippen molar-refractivity contribution in [2.45, 2.75) is 43.9 Å². The predicted octanol–water partition coefficient (Wildman–Crippen LogP) is 6.88. The van der Waals surface area contributed by atoms with E-state index in [0.29, 0.717) is 5.41 Å². The third kappa shape index (κ3) is 2.71. The molecule has 4 saturated carbocycles. The second kappa shape index (κ2) is 6.30. The van der Waals surface area contributed by atoms with E-state index in [1.54, 1.807) is 5.56 Å². The van der Waals surface area contributed by atoms with Gasteiger partial charge in [0.2, 0.25) is 0 Å². The minimum atomic E-state index is 0.489. The third-order valence-electron chi connectivity index (χ3n) is 7.70. The number of hydrogen-bond donors (Lipinski definition) is 0. The lowest BCUT2D eigenvalue weighted by Crippen LogP contribution is -2.48. The molecule has 140 valence electrons. The fourth-order valence-electron chi connectivity index (χ4n) is 6.82. The Morgan fingerprint density at radius 2 is 1.21 bits per heavy atom. The summed E-state index contributed by atoms with van der Waals surface area (Å²) in [6.07, 6.45) is 10.9. The zero-order valence-corrected chi connectivity index (χ0v) is 16.4. The molecule has 0 unspecified atom stereocenters. The summed E-state index contributed by atoms with van der Waals surface area (Å²) >= 11 is 0. The van der Waals surface area contributed by atoms with Gasteiger partial charge in [0, 0.05) is 17.3 Å². The molecule has 0 atom stereocenters. The minimum absolute atomic E-state index is 0.489. The molecule has 4 aliphatic carbocycles. The van der Waals surface area contributed by atoms with E-state index in [2.05, 4.69) is 60.7 Å². The summed E-state index contributed by atoms with van der Waals surface area (Å²) in [6.45, 7) is 0. The molecule has 28 heavy (non-hydrogen) atoms. The van der Waals surface area contributed by atoms with Gasteiger partial charge in [-0.1, -0.05) is 60.7 Å². The summed E-state index contributed by atoms with van der Waals surface area (Å²) < 4.78 is 0. The number of hydrogen-bond acceptors (Lipinski definition) is 1. The van der Waals surface area contributed by atoms with Crippen LogP contribution in [0.25, 0.3) is 22.4 Å². The molecule has 1 nitrogen and oxygen atoms in total. The van der Waals surface area contributed by atoms with E-state index < -0.39 is 0 Å². The topological polar surface area (TPSA) is 12.9 Å². The lowest BCUT2D eigenvalue weighted by molar-refractivity contribution is -0.00518. The fourth-order valence-corrected chi connectivity index (χ4v) is 6.82. The van der Waals surface area contributed by atoms with Crippen molar-refractivity contribution < 1.29 is 0 Å². The summed E-state index contributed by atoms with van der Waals surface area (Å²) in [7, 11) is 0.